The number of hydrogen-bond donors (Lipinski definition) is 2. The van der Waals surface area contributed by atoms with Crippen LogP contribution >= 0.6 is 0 Å². The summed E-state index contributed by atoms with van der Waals surface area (Å²) in [5.74, 6) is -1.40. The van der Waals surface area contributed by atoms with Crippen molar-refractivity contribution in [3.05, 3.63) is 34.9 Å². The predicted molar refractivity (Wildman–Crippen MR) is 69.0 cm³/mol. The number of carboxylic acid groups (broad SMARTS) is 1. The van der Waals surface area contributed by atoms with Gasteiger partial charge in [0.2, 0.25) is 0 Å². The van der Waals surface area contributed by atoms with Crippen LogP contribution < -0.4 is 0 Å². The summed E-state index contributed by atoms with van der Waals surface area (Å²) < 4.78 is 0. The zero-order chi connectivity index (χ0) is 14.2. The minimum absolute atomic E-state index is 0.0726. The third-order valence-corrected chi connectivity index (χ3v) is 3.66. The molecule has 0 spiro atoms. The predicted octanol–water partition coefficient (Wildman–Crippen LogP) is 0.963. The van der Waals surface area contributed by atoms with E-state index in [1.807, 2.05) is 19.9 Å². The first kappa shape index (κ1) is 13.5. The fourth-order valence-corrected chi connectivity index (χ4v) is 2.41. The summed E-state index contributed by atoms with van der Waals surface area (Å²) in [6, 6.07) is 4.42. The second-order valence-electron chi connectivity index (χ2n) is 4.95. The molecule has 0 radical (unpaired) electrons. The van der Waals surface area contributed by atoms with E-state index in [4.69, 9.17) is 5.11 Å². The Morgan fingerprint density at radius 3 is 2.63 bits per heavy atom. The van der Waals surface area contributed by atoms with Gasteiger partial charge in [0.25, 0.3) is 5.91 Å². The Balaban J connectivity index is 2.33. The number of hydrogen-bond acceptors (Lipinski definition) is 3. The smallest absolute Gasteiger partial charge is 0.326 e. The molecule has 1 aliphatic rings. The van der Waals surface area contributed by atoms with Gasteiger partial charge in [-0.2, -0.15) is 0 Å². The normalized spacial score (nSPS) is 22.6. The highest BCUT2D eigenvalue weighted by Gasteiger charge is 2.39. The molecule has 0 aliphatic carbocycles. The number of carbonyl (C=O) groups is 2. The van der Waals surface area contributed by atoms with Gasteiger partial charge < -0.3 is 15.1 Å². The van der Waals surface area contributed by atoms with E-state index < -0.39 is 18.1 Å². The van der Waals surface area contributed by atoms with E-state index in [1.54, 1.807) is 12.1 Å². The SMILES string of the molecule is Cc1cccc(C(=O)N2C[C@H](O)C[C@H]2C(=O)O)c1C. The number of amides is 1. The molecular formula is C14H17NO4. The van der Waals surface area contributed by atoms with Crippen molar-refractivity contribution in [2.75, 3.05) is 6.54 Å². The van der Waals surface area contributed by atoms with E-state index >= 15 is 0 Å². The summed E-state index contributed by atoms with van der Waals surface area (Å²) in [4.78, 5) is 24.8. The Labute approximate surface area is 111 Å². The lowest BCUT2D eigenvalue weighted by molar-refractivity contribution is -0.141. The number of rotatable bonds is 2. The lowest BCUT2D eigenvalue weighted by atomic mass is 10.0. The maximum absolute atomic E-state index is 12.4. The van der Waals surface area contributed by atoms with Crippen molar-refractivity contribution < 1.29 is 19.8 Å². The number of benzene rings is 1. The number of β-amino-alcohol motifs (C(OH)–C–C–N with tert-alkyl or cyclic N) is 1. The van der Waals surface area contributed by atoms with Crippen LogP contribution in [0.2, 0.25) is 0 Å². The summed E-state index contributed by atoms with van der Waals surface area (Å²) in [7, 11) is 0. The van der Waals surface area contributed by atoms with Crippen LogP contribution in [-0.4, -0.2) is 45.7 Å². The van der Waals surface area contributed by atoms with Crippen molar-refractivity contribution >= 4 is 11.9 Å². The largest absolute Gasteiger partial charge is 0.480 e. The van der Waals surface area contributed by atoms with E-state index in [1.165, 1.54) is 4.90 Å². The Hall–Kier alpha value is -1.88. The maximum atomic E-state index is 12.4. The van der Waals surface area contributed by atoms with Crippen LogP contribution in [0.4, 0.5) is 0 Å². The molecule has 19 heavy (non-hydrogen) atoms. The fourth-order valence-electron chi connectivity index (χ4n) is 2.41. The molecule has 1 fully saturated rings. The number of aliphatic hydroxyl groups excluding tert-OH is 1. The first-order valence-corrected chi connectivity index (χ1v) is 6.20. The molecule has 2 rings (SSSR count). The molecule has 0 unspecified atom stereocenters. The van der Waals surface area contributed by atoms with Crippen molar-refractivity contribution in [2.45, 2.75) is 32.4 Å². The van der Waals surface area contributed by atoms with E-state index in [0.29, 0.717) is 5.56 Å². The van der Waals surface area contributed by atoms with Gasteiger partial charge in [-0.1, -0.05) is 12.1 Å². The molecule has 5 nitrogen and oxygen atoms in total. The molecule has 1 aliphatic heterocycles. The van der Waals surface area contributed by atoms with Gasteiger partial charge in [0.05, 0.1) is 6.10 Å². The Morgan fingerprint density at radius 1 is 1.32 bits per heavy atom. The highest BCUT2D eigenvalue weighted by Crippen LogP contribution is 2.23. The number of aliphatic hydroxyl groups is 1. The second kappa shape index (κ2) is 5.01. The molecule has 1 aromatic carbocycles. The molecule has 102 valence electrons. The number of likely N-dealkylation sites (tertiary alicyclic amines) is 1. The van der Waals surface area contributed by atoms with Crippen molar-refractivity contribution in [2.24, 2.45) is 0 Å². The molecule has 2 atom stereocenters. The number of aliphatic carboxylic acids is 1. The van der Waals surface area contributed by atoms with Gasteiger partial charge >= 0.3 is 5.97 Å². The summed E-state index contributed by atoms with van der Waals surface area (Å²) in [5, 5.41) is 18.7. The van der Waals surface area contributed by atoms with Crippen molar-refractivity contribution in [1.82, 2.24) is 4.90 Å². The number of nitrogens with zero attached hydrogens (tertiary/aromatic N) is 1. The van der Waals surface area contributed by atoms with Gasteiger partial charge in [-0.15, -0.1) is 0 Å². The first-order valence-electron chi connectivity index (χ1n) is 6.20. The molecule has 0 aromatic heterocycles. The van der Waals surface area contributed by atoms with E-state index in [2.05, 4.69) is 0 Å². The maximum Gasteiger partial charge on any atom is 0.326 e. The van der Waals surface area contributed by atoms with Crippen LogP contribution in [0.5, 0.6) is 0 Å². The molecule has 0 bridgehead atoms. The minimum atomic E-state index is -1.07. The van der Waals surface area contributed by atoms with Crippen LogP contribution in [0.25, 0.3) is 0 Å². The van der Waals surface area contributed by atoms with Gasteiger partial charge in [0.15, 0.2) is 0 Å². The van der Waals surface area contributed by atoms with Crippen molar-refractivity contribution in [3.63, 3.8) is 0 Å². The molecule has 1 heterocycles. The average Bonchev–Trinajstić information content (AvgIpc) is 2.74. The van der Waals surface area contributed by atoms with Crippen molar-refractivity contribution in [3.8, 4) is 0 Å². The second-order valence-corrected chi connectivity index (χ2v) is 4.95. The highest BCUT2D eigenvalue weighted by atomic mass is 16.4. The first-order chi connectivity index (χ1) is 8.91. The minimum Gasteiger partial charge on any atom is -0.480 e. The van der Waals surface area contributed by atoms with Crippen LogP contribution in [0, 0.1) is 13.8 Å². The lowest BCUT2D eigenvalue weighted by Gasteiger charge is -2.22. The molecule has 1 saturated heterocycles. The molecule has 2 N–H and O–H groups in total. The molecule has 0 saturated carbocycles. The van der Waals surface area contributed by atoms with Gasteiger partial charge in [-0.25, -0.2) is 4.79 Å². The van der Waals surface area contributed by atoms with Gasteiger partial charge in [-0.05, 0) is 31.0 Å². The lowest BCUT2D eigenvalue weighted by Crippen LogP contribution is -2.40. The molecule has 5 heteroatoms. The Bertz CT molecular complexity index is 526. The fraction of sp³-hybridized carbons (Fsp3) is 0.429. The Morgan fingerprint density at radius 2 is 2.00 bits per heavy atom. The van der Waals surface area contributed by atoms with E-state index in [0.717, 1.165) is 11.1 Å². The number of carboxylic acids is 1. The van der Waals surface area contributed by atoms with Crippen LogP contribution in [0.3, 0.4) is 0 Å². The number of carbonyl (C=O) groups excluding carboxylic acids is 1. The molecular weight excluding hydrogens is 246 g/mol. The quantitative estimate of drug-likeness (QED) is 0.833. The summed E-state index contributed by atoms with van der Waals surface area (Å²) in [6.45, 7) is 3.81. The van der Waals surface area contributed by atoms with E-state index in [-0.39, 0.29) is 18.9 Å². The van der Waals surface area contributed by atoms with Gasteiger partial charge in [-0.3, -0.25) is 4.79 Å². The topological polar surface area (TPSA) is 77.8 Å². The van der Waals surface area contributed by atoms with Crippen molar-refractivity contribution in [1.29, 1.82) is 0 Å². The summed E-state index contributed by atoms with van der Waals surface area (Å²) >= 11 is 0. The van der Waals surface area contributed by atoms with Crippen LogP contribution in [0.15, 0.2) is 18.2 Å². The third-order valence-electron chi connectivity index (χ3n) is 3.66. The number of aryl methyl sites for hydroxylation is 1. The summed E-state index contributed by atoms with van der Waals surface area (Å²) in [6.07, 6.45) is -0.679. The van der Waals surface area contributed by atoms with E-state index in [9.17, 15) is 14.7 Å². The van der Waals surface area contributed by atoms with Gasteiger partial charge in [0.1, 0.15) is 6.04 Å². The Kier molecular flexibility index (Phi) is 3.57. The highest BCUT2D eigenvalue weighted by molar-refractivity contribution is 5.98. The molecule has 1 aromatic rings. The van der Waals surface area contributed by atoms with Crippen LogP contribution in [0.1, 0.15) is 27.9 Å². The monoisotopic (exact) mass is 263 g/mol. The summed E-state index contributed by atoms with van der Waals surface area (Å²) in [5.41, 5.74) is 2.33. The van der Waals surface area contributed by atoms with Gasteiger partial charge in [0, 0.05) is 18.5 Å². The third kappa shape index (κ3) is 2.46. The standard InChI is InChI=1S/C14H17NO4/c1-8-4-3-5-11(9(8)2)13(17)15-7-10(16)6-12(15)14(18)19/h3-5,10,12,16H,6-7H2,1-2H3,(H,18,19)/t10-,12+/m1/s1. The average molecular weight is 263 g/mol. The zero-order valence-electron chi connectivity index (χ0n) is 11.0. The molecule has 1 amide bonds. The van der Waals surface area contributed by atoms with Crippen LogP contribution in [-0.2, 0) is 4.79 Å². The zero-order valence-corrected chi connectivity index (χ0v) is 11.0.